The maximum atomic E-state index is 10.7. The Morgan fingerprint density at radius 1 is 1.19 bits per heavy atom. The highest BCUT2D eigenvalue weighted by Crippen LogP contribution is 2.62. The van der Waals surface area contributed by atoms with Gasteiger partial charge in [-0.15, -0.1) is 0 Å². The first-order valence-corrected chi connectivity index (χ1v) is 8.48. The molecule has 2 heteroatoms. The van der Waals surface area contributed by atoms with Crippen molar-refractivity contribution in [1.29, 1.82) is 0 Å². The van der Waals surface area contributed by atoms with E-state index in [1.54, 1.807) is 7.11 Å². The molecule has 0 spiro atoms. The molecule has 2 saturated carbocycles. The van der Waals surface area contributed by atoms with Crippen LogP contribution in [0.3, 0.4) is 0 Å². The summed E-state index contributed by atoms with van der Waals surface area (Å²) in [7, 11) is 1.70. The van der Waals surface area contributed by atoms with E-state index in [2.05, 4.69) is 25.1 Å². The van der Waals surface area contributed by atoms with Crippen molar-refractivity contribution in [2.75, 3.05) is 7.11 Å². The first kappa shape index (κ1) is 13.6. The van der Waals surface area contributed by atoms with Gasteiger partial charge in [0.05, 0.1) is 13.2 Å². The second kappa shape index (κ2) is 4.74. The molecule has 2 nitrogen and oxygen atoms in total. The second-order valence-electron chi connectivity index (χ2n) is 7.71. The lowest BCUT2D eigenvalue weighted by atomic mass is 9.55. The molecule has 0 amide bonds. The molecule has 21 heavy (non-hydrogen) atoms. The number of aliphatic hydroxyl groups excluding tert-OH is 1. The van der Waals surface area contributed by atoms with Crippen LogP contribution in [0.4, 0.5) is 0 Å². The monoisotopic (exact) mass is 286 g/mol. The molecule has 1 N–H and O–H groups in total. The van der Waals surface area contributed by atoms with E-state index in [9.17, 15) is 5.11 Å². The van der Waals surface area contributed by atoms with Crippen molar-refractivity contribution in [3.63, 3.8) is 0 Å². The van der Waals surface area contributed by atoms with Gasteiger partial charge in [0, 0.05) is 0 Å². The molecule has 4 rings (SSSR count). The van der Waals surface area contributed by atoms with Crippen LogP contribution in [0.1, 0.15) is 68.6 Å². The summed E-state index contributed by atoms with van der Waals surface area (Å²) in [5, 5.41) is 10.7. The van der Waals surface area contributed by atoms with Crippen LogP contribution in [0.15, 0.2) is 18.2 Å². The summed E-state index contributed by atoms with van der Waals surface area (Å²) in [4.78, 5) is 0. The van der Waals surface area contributed by atoms with Crippen LogP contribution in [0.2, 0.25) is 0 Å². The standard InChI is InChI=1S/C19H26O2/c1-19-8-3-4-17(19)15-11-18(20)16-10-12(21-2)5-6-13(16)14(15)7-9-19/h5-6,10,14-15,17-18,20H,3-4,7-9,11H2,1-2H3. The zero-order chi connectivity index (χ0) is 14.6. The lowest BCUT2D eigenvalue weighted by Gasteiger charge is -2.50. The molecular formula is C19H26O2. The summed E-state index contributed by atoms with van der Waals surface area (Å²) >= 11 is 0. The first-order valence-electron chi connectivity index (χ1n) is 8.48. The Labute approximate surface area is 127 Å². The molecule has 0 saturated heterocycles. The Kier molecular flexibility index (Phi) is 3.08. The van der Waals surface area contributed by atoms with Crippen molar-refractivity contribution in [3.05, 3.63) is 29.3 Å². The van der Waals surface area contributed by atoms with Crippen molar-refractivity contribution in [3.8, 4) is 5.75 Å². The van der Waals surface area contributed by atoms with Gasteiger partial charge in [-0.3, -0.25) is 0 Å². The Balaban J connectivity index is 1.74. The first-order chi connectivity index (χ1) is 10.1. The summed E-state index contributed by atoms with van der Waals surface area (Å²) in [6.07, 6.45) is 7.45. The number of benzene rings is 1. The summed E-state index contributed by atoms with van der Waals surface area (Å²) in [6, 6.07) is 6.33. The van der Waals surface area contributed by atoms with Crippen LogP contribution in [-0.4, -0.2) is 12.2 Å². The SMILES string of the molecule is COc1ccc2c(c1)C(O)CC1C2CCC2(C)CCCC12. The van der Waals surface area contributed by atoms with Crippen molar-refractivity contribution >= 4 is 0 Å². The molecule has 1 aromatic carbocycles. The molecule has 0 bridgehead atoms. The molecule has 3 aliphatic rings. The maximum Gasteiger partial charge on any atom is 0.119 e. The fourth-order valence-electron chi connectivity index (χ4n) is 5.69. The Morgan fingerprint density at radius 3 is 2.86 bits per heavy atom. The van der Waals surface area contributed by atoms with Gasteiger partial charge >= 0.3 is 0 Å². The third kappa shape index (κ3) is 1.95. The molecule has 1 aromatic rings. The zero-order valence-corrected chi connectivity index (χ0v) is 13.1. The Hall–Kier alpha value is -1.02. The number of methoxy groups -OCH3 is 1. The zero-order valence-electron chi connectivity index (χ0n) is 13.1. The number of fused-ring (bicyclic) bond motifs is 5. The minimum Gasteiger partial charge on any atom is -0.497 e. The number of rotatable bonds is 1. The van der Waals surface area contributed by atoms with Gasteiger partial charge in [0.1, 0.15) is 5.75 Å². The Bertz CT molecular complexity index is 552. The summed E-state index contributed by atoms with van der Waals surface area (Å²) in [5.41, 5.74) is 3.07. The van der Waals surface area contributed by atoms with Crippen LogP contribution in [0.5, 0.6) is 5.75 Å². The molecule has 5 atom stereocenters. The van der Waals surface area contributed by atoms with Crippen molar-refractivity contribution < 1.29 is 9.84 Å². The summed E-state index contributed by atoms with van der Waals surface area (Å²) in [6.45, 7) is 2.50. The topological polar surface area (TPSA) is 29.5 Å². The van der Waals surface area contributed by atoms with E-state index < -0.39 is 0 Å². The normalized spacial score (nSPS) is 41.1. The van der Waals surface area contributed by atoms with Crippen molar-refractivity contribution in [2.45, 2.75) is 57.5 Å². The highest BCUT2D eigenvalue weighted by Gasteiger charge is 2.51. The van der Waals surface area contributed by atoms with Gasteiger partial charge in [0.15, 0.2) is 0 Å². The molecule has 0 radical (unpaired) electrons. The Morgan fingerprint density at radius 2 is 2.05 bits per heavy atom. The predicted octanol–water partition coefficient (Wildman–Crippen LogP) is 4.43. The fourth-order valence-corrected chi connectivity index (χ4v) is 5.69. The van der Waals surface area contributed by atoms with E-state index in [0.29, 0.717) is 17.3 Å². The van der Waals surface area contributed by atoms with Crippen molar-refractivity contribution in [1.82, 2.24) is 0 Å². The van der Waals surface area contributed by atoms with E-state index in [0.717, 1.165) is 23.7 Å². The average molecular weight is 286 g/mol. The smallest absolute Gasteiger partial charge is 0.119 e. The van der Waals surface area contributed by atoms with Gasteiger partial charge in [0.25, 0.3) is 0 Å². The van der Waals surface area contributed by atoms with E-state index in [1.165, 1.54) is 37.7 Å². The molecule has 0 heterocycles. The average Bonchev–Trinajstić information content (AvgIpc) is 2.89. The minimum absolute atomic E-state index is 0.306. The largest absolute Gasteiger partial charge is 0.497 e. The summed E-state index contributed by atoms with van der Waals surface area (Å²) < 4.78 is 5.34. The van der Waals surface area contributed by atoms with E-state index in [4.69, 9.17) is 4.74 Å². The third-order valence-corrected chi connectivity index (χ3v) is 6.77. The number of hydrogen-bond acceptors (Lipinski definition) is 2. The van der Waals surface area contributed by atoms with Gasteiger partial charge in [-0.1, -0.05) is 19.4 Å². The van der Waals surface area contributed by atoms with Crippen LogP contribution >= 0.6 is 0 Å². The molecule has 0 aliphatic heterocycles. The molecule has 2 fully saturated rings. The van der Waals surface area contributed by atoms with E-state index in [-0.39, 0.29) is 6.10 Å². The maximum absolute atomic E-state index is 10.7. The van der Waals surface area contributed by atoms with E-state index >= 15 is 0 Å². The molecule has 114 valence electrons. The highest BCUT2D eigenvalue weighted by atomic mass is 16.5. The van der Waals surface area contributed by atoms with Gasteiger partial charge in [-0.25, -0.2) is 0 Å². The van der Waals surface area contributed by atoms with Gasteiger partial charge in [-0.05, 0) is 78.5 Å². The predicted molar refractivity (Wildman–Crippen MR) is 83.5 cm³/mol. The van der Waals surface area contributed by atoms with Crippen LogP contribution in [-0.2, 0) is 0 Å². The van der Waals surface area contributed by atoms with Gasteiger partial charge in [0.2, 0.25) is 0 Å². The number of aliphatic hydroxyl groups is 1. The van der Waals surface area contributed by atoms with Crippen LogP contribution in [0.25, 0.3) is 0 Å². The van der Waals surface area contributed by atoms with Crippen LogP contribution < -0.4 is 4.74 Å². The molecule has 3 aliphatic carbocycles. The number of ether oxygens (including phenoxy) is 1. The minimum atomic E-state index is -0.306. The quantitative estimate of drug-likeness (QED) is 0.827. The molecule has 5 unspecified atom stereocenters. The summed E-state index contributed by atoms with van der Waals surface area (Å²) in [5.74, 6) is 3.03. The van der Waals surface area contributed by atoms with Gasteiger partial charge < -0.3 is 9.84 Å². The lowest BCUT2D eigenvalue weighted by molar-refractivity contribution is 0.0180. The molecular weight excluding hydrogens is 260 g/mol. The van der Waals surface area contributed by atoms with Crippen LogP contribution in [0, 0.1) is 17.3 Å². The lowest BCUT2D eigenvalue weighted by Crippen LogP contribution is -2.40. The van der Waals surface area contributed by atoms with Crippen molar-refractivity contribution in [2.24, 2.45) is 17.3 Å². The third-order valence-electron chi connectivity index (χ3n) is 6.77. The number of hydrogen-bond donors (Lipinski definition) is 1. The van der Waals surface area contributed by atoms with Gasteiger partial charge in [-0.2, -0.15) is 0 Å². The highest BCUT2D eigenvalue weighted by molar-refractivity contribution is 5.42. The fraction of sp³-hybridized carbons (Fsp3) is 0.684. The molecule has 0 aromatic heterocycles. The van der Waals surface area contributed by atoms with E-state index in [1.807, 2.05) is 0 Å². The second-order valence-corrected chi connectivity index (χ2v) is 7.71.